The molecule has 2 aromatic carbocycles. The molecule has 4 N–H and O–H groups in total. The molecule has 0 radical (unpaired) electrons. The van der Waals surface area contributed by atoms with Crippen molar-refractivity contribution in [2.24, 2.45) is 0 Å². The van der Waals surface area contributed by atoms with Crippen molar-refractivity contribution in [2.45, 2.75) is 0 Å². The van der Waals surface area contributed by atoms with Gasteiger partial charge in [-0.25, -0.2) is 0 Å². The molecule has 4 nitrogen and oxygen atoms in total. The van der Waals surface area contributed by atoms with E-state index in [4.69, 9.17) is 20.8 Å². The van der Waals surface area contributed by atoms with Gasteiger partial charge in [0.1, 0.15) is 14.6 Å². The third-order valence-electron chi connectivity index (χ3n) is 2.27. The van der Waals surface area contributed by atoms with E-state index in [1.165, 1.54) is 6.21 Å². The van der Waals surface area contributed by atoms with Crippen LogP contribution in [-0.2, 0) is 0 Å². The van der Waals surface area contributed by atoms with E-state index in [2.05, 4.69) is 0 Å². The average molecular weight is 276 g/mol. The van der Waals surface area contributed by atoms with E-state index >= 15 is 0 Å². The zero-order valence-electron chi connectivity index (χ0n) is 10.6. The van der Waals surface area contributed by atoms with Crippen LogP contribution in [0.3, 0.4) is 0 Å². The Morgan fingerprint density at radius 1 is 1.16 bits per heavy atom. The zero-order chi connectivity index (χ0) is 14.1. The van der Waals surface area contributed by atoms with Crippen LogP contribution in [0.1, 0.15) is 5.56 Å². The largest absolute Gasteiger partial charge is 0.472 e. The van der Waals surface area contributed by atoms with Crippen molar-refractivity contribution >= 4 is 26.0 Å². The molecule has 0 fully saturated rings. The number of aliphatic hydroxyl groups is 1. The molecule has 0 aliphatic rings. The second kappa shape index (κ2) is 8.25. The first-order valence-electron chi connectivity index (χ1n) is 5.62. The summed E-state index contributed by atoms with van der Waals surface area (Å²) in [4.78, 5) is 0. The van der Waals surface area contributed by atoms with Crippen molar-refractivity contribution in [3.05, 3.63) is 54.1 Å². The maximum atomic E-state index is 7.22. The smallest absolute Gasteiger partial charge is 0.124 e. The highest BCUT2D eigenvalue weighted by molar-refractivity contribution is 7.42. The van der Waals surface area contributed by atoms with E-state index in [1.807, 2.05) is 36.4 Å². The third-order valence-corrected chi connectivity index (χ3v) is 3.18. The SMILES string of the molecule is CO.N=Cc1cc(OPc2ccccc2)ccc1N. The van der Waals surface area contributed by atoms with Gasteiger partial charge in [-0.3, -0.25) is 0 Å². The summed E-state index contributed by atoms with van der Waals surface area (Å²) >= 11 is 0. The first kappa shape index (κ1) is 15.2. The number of nitrogens with one attached hydrogen (secondary N) is 1. The van der Waals surface area contributed by atoms with E-state index < -0.39 is 0 Å². The van der Waals surface area contributed by atoms with Crippen molar-refractivity contribution in [3.8, 4) is 5.75 Å². The van der Waals surface area contributed by atoms with Gasteiger partial charge in [0.2, 0.25) is 0 Å². The van der Waals surface area contributed by atoms with Crippen LogP contribution in [0, 0.1) is 5.41 Å². The molecule has 0 bridgehead atoms. The van der Waals surface area contributed by atoms with Crippen LogP contribution in [0.2, 0.25) is 0 Å². The second-order valence-electron chi connectivity index (χ2n) is 3.51. The molecular weight excluding hydrogens is 259 g/mol. The number of hydrogen-bond acceptors (Lipinski definition) is 4. The third kappa shape index (κ3) is 4.70. The lowest BCUT2D eigenvalue weighted by Gasteiger charge is -2.07. The fraction of sp³-hybridized carbons (Fsp3) is 0.0714. The summed E-state index contributed by atoms with van der Waals surface area (Å²) in [5.74, 6) is 0.736. The first-order valence-corrected chi connectivity index (χ1v) is 6.53. The van der Waals surface area contributed by atoms with Gasteiger partial charge in [0, 0.05) is 29.9 Å². The molecule has 0 amide bonds. The number of nitrogen functional groups attached to an aromatic ring is 1. The minimum absolute atomic E-state index is 0.261. The number of aliphatic hydroxyl groups excluding tert-OH is 1. The standard InChI is InChI=1S/C13H13N2OP.CH4O/c14-9-10-8-11(6-7-13(10)15)16-17-12-4-2-1-3-5-12;1-2/h1-9,14,17H,15H2;2H,1H3. The molecule has 1 unspecified atom stereocenters. The molecule has 100 valence electrons. The van der Waals surface area contributed by atoms with Crippen molar-refractivity contribution in [1.29, 1.82) is 5.41 Å². The normalized spacial score (nSPS) is 9.79. The molecular formula is C14H17N2O2P. The summed E-state index contributed by atoms with van der Waals surface area (Å²) < 4.78 is 5.66. The predicted octanol–water partition coefficient (Wildman–Crippen LogP) is 2.17. The molecule has 0 aromatic heterocycles. The lowest BCUT2D eigenvalue weighted by Crippen LogP contribution is -1.96. The second-order valence-corrected chi connectivity index (χ2v) is 4.49. The van der Waals surface area contributed by atoms with Gasteiger partial charge in [0.05, 0.1) is 0 Å². The minimum Gasteiger partial charge on any atom is -0.472 e. The fourth-order valence-electron chi connectivity index (χ4n) is 1.37. The number of hydrogen-bond donors (Lipinski definition) is 3. The van der Waals surface area contributed by atoms with Gasteiger partial charge in [-0.1, -0.05) is 30.3 Å². The Hall–Kier alpha value is -1.90. The summed E-state index contributed by atoms with van der Waals surface area (Å²) in [6.45, 7) is 0. The quantitative estimate of drug-likeness (QED) is 0.455. The predicted molar refractivity (Wildman–Crippen MR) is 81.9 cm³/mol. The lowest BCUT2D eigenvalue weighted by atomic mass is 10.2. The van der Waals surface area contributed by atoms with Gasteiger partial charge in [0.25, 0.3) is 0 Å². The average Bonchev–Trinajstić information content (AvgIpc) is 2.49. The van der Waals surface area contributed by atoms with Crippen molar-refractivity contribution in [2.75, 3.05) is 12.8 Å². The molecule has 1 atom stereocenters. The summed E-state index contributed by atoms with van der Waals surface area (Å²) in [5.41, 5.74) is 6.98. The summed E-state index contributed by atoms with van der Waals surface area (Å²) in [7, 11) is 1.26. The molecule has 19 heavy (non-hydrogen) atoms. The minimum atomic E-state index is 0.261. The van der Waals surface area contributed by atoms with E-state index in [0.29, 0.717) is 11.3 Å². The lowest BCUT2D eigenvalue weighted by molar-refractivity contribution is 0.399. The molecule has 2 rings (SSSR count). The maximum absolute atomic E-state index is 7.22. The Morgan fingerprint density at radius 3 is 2.47 bits per heavy atom. The van der Waals surface area contributed by atoms with Gasteiger partial charge in [-0.15, -0.1) is 0 Å². The zero-order valence-corrected chi connectivity index (χ0v) is 11.6. The van der Waals surface area contributed by atoms with Crippen LogP contribution in [0.25, 0.3) is 0 Å². The van der Waals surface area contributed by atoms with Crippen LogP contribution >= 0.6 is 8.81 Å². The molecule has 2 aromatic rings. The van der Waals surface area contributed by atoms with E-state index in [0.717, 1.165) is 18.2 Å². The molecule has 0 heterocycles. The maximum Gasteiger partial charge on any atom is 0.124 e. The highest BCUT2D eigenvalue weighted by Gasteiger charge is 2.00. The van der Waals surface area contributed by atoms with Crippen LogP contribution in [0.15, 0.2) is 48.5 Å². The summed E-state index contributed by atoms with van der Waals surface area (Å²) in [6, 6.07) is 15.3. The van der Waals surface area contributed by atoms with Gasteiger partial charge < -0.3 is 20.8 Å². The van der Waals surface area contributed by atoms with Gasteiger partial charge in [-0.05, 0) is 18.2 Å². The summed E-state index contributed by atoms with van der Waals surface area (Å²) in [5, 5.41) is 15.4. The molecule has 0 spiro atoms. The van der Waals surface area contributed by atoms with Crippen LogP contribution < -0.4 is 15.6 Å². The number of anilines is 1. The molecule has 0 saturated heterocycles. The monoisotopic (exact) mass is 276 g/mol. The van der Waals surface area contributed by atoms with Crippen LogP contribution in [0.4, 0.5) is 5.69 Å². The Morgan fingerprint density at radius 2 is 1.84 bits per heavy atom. The summed E-state index contributed by atoms with van der Waals surface area (Å²) in [6.07, 6.45) is 1.23. The number of rotatable bonds is 4. The fourth-order valence-corrected chi connectivity index (χ4v) is 2.06. The first-order chi connectivity index (χ1) is 9.29. The van der Waals surface area contributed by atoms with Crippen LogP contribution in [0.5, 0.6) is 5.75 Å². The molecule has 5 heteroatoms. The molecule has 0 aliphatic carbocycles. The van der Waals surface area contributed by atoms with Gasteiger partial charge in [-0.2, -0.15) is 0 Å². The van der Waals surface area contributed by atoms with Gasteiger partial charge >= 0.3 is 0 Å². The topological polar surface area (TPSA) is 79.3 Å². The number of nitrogens with two attached hydrogens (primary N) is 1. The van der Waals surface area contributed by atoms with Crippen LogP contribution in [-0.4, -0.2) is 18.4 Å². The highest BCUT2D eigenvalue weighted by atomic mass is 31.1. The Balaban J connectivity index is 0.000000861. The van der Waals surface area contributed by atoms with Gasteiger partial charge in [0.15, 0.2) is 0 Å². The molecule has 0 saturated carbocycles. The van der Waals surface area contributed by atoms with E-state index in [-0.39, 0.29) is 8.81 Å². The van der Waals surface area contributed by atoms with E-state index in [1.54, 1.807) is 12.1 Å². The van der Waals surface area contributed by atoms with E-state index in [9.17, 15) is 0 Å². The molecule has 0 aliphatic heterocycles. The van der Waals surface area contributed by atoms with Crippen molar-refractivity contribution in [3.63, 3.8) is 0 Å². The highest BCUT2D eigenvalue weighted by Crippen LogP contribution is 2.23. The van der Waals surface area contributed by atoms with Crippen molar-refractivity contribution < 1.29 is 9.63 Å². The Bertz CT molecular complexity index is 518. The number of benzene rings is 2. The Labute approximate surface area is 114 Å². The Kier molecular flexibility index (Phi) is 6.58. The van der Waals surface area contributed by atoms with Crippen molar-refractivity contribution in [1.82, 2.24) is 0 Å².